The summed E-state index contributed by atoms with van der Waals surface area (Å²) in [5.41, 5.74) is 8.93. The molecule has 2 aliphatic heterocycles. The van der Waals surface area contributed by atoms with Crippen LogP contribution in [0.3, 0.4) is 0 Å². The quantitative estimate of drug-likeness (QED) is 0.402. The fraction of sp³-hybridized carbons (Fsp3) is 0.538. The number of aliphatic hydroxyl groups is 1. The van der Waals surface area contributed by atoms with Crippen molar-refractivity contribution in [2.75, 3.05) is 50.0 Å². The van der Waals surface area contributed by atoms with Crippen molar-refractivity contribution in [1.82, 2.24) is 19.8 Å². The molecule has 1 atom stereocenters. The molecule has 2 aliphatic rings. The van der Waals surface area contributed by atoms with E-state index in [1.807, 2.05) is 12.1 Å². The highest BCUT2D eigenvalue weighted by Gasteiger charge is 2.33. The van der Waals surface area contributed by atoms with E-state index in [2.05, 4.69) is 53.9 Å². The van der Waals surface area contributed by atoms with Crippen LogP contribution in [-0.4, -0.2) is 87.7 Å². The van der Waals surface area contributed by atoms with Crippen molar-refractivity contribution in [2.24, 2.45) is 10.2 Å². The van der Waals surface area contributed by atoms with E-state index >= 15 is 0 Å². The molecule has 3 N–H and O–H groups in total. The lowest BCUT2D eigenvalue weighted by Crippen LogP contribution is -2.57. The monoisotopic (exact) mass is 546 g/mol. The summed E-state index contributed by atoms with van der Waals surface area (Å²) < 4.78 is 0. The minimum atomic E-state index is -0.162. The second-order valence-electron chi connectivity index (χ2n) is 9.92. The number of nitrogens with two attached hydrogens (primary N) is 1. The molecule has 0 saturated carbocycles. The van der Waals surface area contributed by atoms with Crippen LogP contribution in [-0.2, 0) is 6.54 Å². The lowest BCUT2D eigenvalue weighted by Gasteiger charge is -2.46. The molecular formula is C26H36Cl2N8O. The molecule has 37 heavy (non-hydrogen) atoms. The van der Waals surface area contributed by atoms with Gasteiger partial charge in [-0.2, -0.15) is 10.2 Å². The van der Waals surface area contributed by atoms with Crippen LogP contribution < -0.4 is 10.6 Å². The van der Waals surface area contributed by atoms with Crippen molar-refractivity contribution in [3.8, 4) is 0 Å². The summed E-state index contributed by atoms with van der Waals surface area (Å²) in [6, 6.07) is 9.10. The number of benzene rings is 1. The number of halogens is 2. The fourth-order valence-electron chi connectivity index (χ4n) is 5.09. The Morgan fingerprint density at radius 2 is 1.76 bits per heavy atom. The predicted molar refractivity (Wildman–Crippen MR) is 152 cm³/mol. The molecule has 0 amide bonds. The standard InChI is InChI=1S/C26H36Cl2N8O/c1-17(16-37)32-33-19(3)23-25(29)31-26(24(28)30-23)35-12-13-36(18(2)14-35)22-8-10-34(11-9-22)15-20-4-6-21(27)7-5-20/h4-7,18,22,37H,8-16H2,1-3H3,(H2,29,31)/b32-17+,33-19+. The Morgan fingerprint density at radius 3 is 2.41 bits per heavy atom. The van der Waals surface area contributed by atoms with E-state index in [9.17, 15) is 0 Å². The molecule has 0 aliphatic carbocycles. The number of hydrogen-bond donors (Lipinski definition) is 2. The summed E-state index contributed by atoms with van der Waals surface area (Å²) >= 11 is 12.6. The minimum absolute atomic E-state index is 0.162. The molecule has 4 rings (SSSR count). The van der Waals surface area contributed by atoms with Gasteiger partial charge in [0.1, 0.15) is 5.69 Å². The molecule has 11 heteroatoms. The third-order valence-corrected chi connectivity index (χ3v) is 7.64. The zero-order chi connectivity index (χ0) is 26.5. The first-order chi connectivity index (χ1) is 17.7. The molecule has 1 unspecified atom stereocenters. The predicted octanol–water partition coefficient (Wildman–Crippen LogP) is 3.72. The van der Waals surface area contributed by atoms with Crippen molar-refractivity contribution in [1.29, 1.82) is 0 Å². The van der Waals surface area contributed by atoms with E-state index in [4.69, 9.17) is 34.0 Å². The van der Waals surface area contributed by atoms with Gasteiger partial charge < -0.3 is 15.7 Å². The summed E-state index contributed by atoms with van der Waals surface area (Å²) in [6.07, 6.45) is 2.33. The largest absolute Gasteiger partial charge is 0.390 e. The van der Waals surface area contributed by atoms with Gasteiger partial charge >= 0.3 is 0 Å². The van der Waals surface area contributed by atoms with Crippen LogP contribution in [0, 0.1) is 0 Å². The van der Waals surface area contributed by atoms with Gasteiger partial charge in [-0.25, -0.2) is 9.97 Å². The van der Waals surface area contributed by atoms with Crippen LogP contribution in [0.25, 0.3) is 0 Å². The highest BCUT2D eigenvalue weighted by molar-refractivity contribution is 6.32. The first-order valence-electron chi connectivity index (χ1n) is 12.7. The number of nitrogens with zero attached hydrogens (tertiary/aromatic N) is 7. The number of likely N-dealkylation sites (tertiary alicyclic amines) is 1. The summed E-state index contributed by atoms with van der Waals surface area (Å²) in [5, 5.41) is 18.2. The summed E-state index contributed by atoms with van der Waals surface area (Å²) in [7, 11) is 0. The van der Waals surface area contributed by atoms with Gasteiger partial charge in [-0.05, 0) is 64.4 Å². The minimum Gasteiger partial charge on any atom is -0.390 e. The van der Waals surface area contributed by atoms with Crippen LogP contribution in [0.1, 0.15) is 44.9 Å². The van der Waals surface area contributed by atoms with E-state index in [1.54, 1.807) is 13.8 Å². The molecule has 200 valence electrons. The van der Waals surface area contributed by atoms with Crippen molar-refractivity contribution < 1.29 is 5.11 Å². The first-order valence-corrected chi connectivity index (χ1v) is 13.5. The van der Waals surface area contributed by atoms with Crippen LogP contribution in [0.4, 0.5) is 11.6 Å². The van der Waals surface area contributed by atoms with Crippen LogP contribution >= 0.6 is 23.2 Å². The number of aromatic nitrogens is 2. The van der Waals surface area contributed by atoms with Gasteiger partial charge in [-0.15, -0.1) is 0 Å². The number of piperidine rings is 1. The van der Waals surface area contributed by atoms with Crippen molar-refractivity contribution in [3.05, 3.63) is 45.7 Å². The maximum absolute atomic E-state index is 9.11. The zero-order valence-corrected chi connectivity index (χ0v) is 23.3. The molecular weight excluding hydrogens is 511 g/mol. The Kier molecular flexibility index (Phi) is 9.36. The topological polar surface area (TPSA) is 106 Å². The van der Waals surface area contributed by atoms with Crippen LogP contribution in [0.15, 0.2) is 34.5 Å². The second-order valence-corrected chi connectivity index (χ2v) is 10.7. The van der Waals surface area contributed by atoms with Crippen molar-refractivity contribution >= 4 is 46.3 Å². The number of aliphatic hydroxyl groups excluding tert-OH is 1. The molecule has 0 spiro atoms. The Hall–Kier alpha value is -2.30. The van der Waals surface area contributed by atoms with Crippen LogP contribution in [0.5, 0.6) is 0 Å². The van der Waals surface area contributed by atoms with E-state index in [0.717, 1.165) is 57.1 Å². The Labute approximate surface area is 229 Å². The average molecular weight is 548 g/mol. The van der Waals surface area contributed by atoms with Gasteiger partial charge in [-0.1, -0.05) is 35.3 Å². The molecule has 9 nitrogen and oxygen atoms in total. The Bertz CT molecular complexity index is 1130. The van der Waals surface area contributed by atoms with Gasteiger partial charge in [0, 0.05) is 43.3 Å². The SMILES string of the molecule is C/C(CO)=N\N=C(/C)c1nc(Cl)c(N2CCN(C3CCN(Cc4ccc(Cl)cc4)CC3)C(C)C2)nc1N. The van der Waals surface area contributed by atoms with Gasteiger partial charge in [0.15, 0.2) is 16.8 Å². The highest BCUT2D eigenvalue weighted by Crippen LogP contribution is 2.29. The van der Waals surface area contributed by atoms with Crippen LogP contribution in [0.2, 0.25) is 10.2 Å². The smallest absolute Gasteiger partial charge is 0.172 e. The summed E-state index contributed by atoms with van der Waals surface area (Å²) in [4.78, 5) is 16.4. The molecule has 0 bridgehead atoms. The third kappa shape index (κ3) is 6.97. The second kappa shape index (κ2) is 12.5. The summed E-state index contributed by atoms with van der Waals surface area (Å²) in [5.74, 6) is 0.871. The van der Waals surface area contributed by atoms with Gasteiger partial charge in [0.2, 0.25) is 0 Å². The Balaban J connectivity index is 1.34. The zero-order valence-electron chi connectivity index (χ0n) is 21.7. The molecule has 0 radical (unpaired) electrons. The van der Waals surface area contributed by atoms with Gasteiger partial charge in [0.05, 0.1) is 18.0 Å². The molecule has 2 saturated heterocycles. The van der Waals surface area contributed by atoms with E-state index in [-0.39, 0.29) is 12.4 Å². The van der Waals surface area contributed by atoms with Gasteiger partial charge in [0.25, 0.3) is 0 Å². The number of nitrogen functional groups attached to an aromatic ring is 1. The van der Waals surface area contributed by atoms with Gasteiger partial charge in [-0.3, -0.25) is 9.80 Å². The first kappa shape index (κ1) is 27.7. The maximum atomic E-state index is 9.11. The van der Waals surface area contributed by atoms with E-state index in [1.165, 1.54) is 5.56 Å². The average Bonchev–Trinajstić information content (AvgIpc) is 2.90. The lowest BCUT2D eigenvalue weighted by atomic mass is 9.99. The Morgan fingerprint density at radius 1 is 1.05 bits per heavy atom. The molecule has 1 aromatic carbocycles. The normalized spacial score (nSPS) is 21.0. The van der Waals surface area contributed by atoms with Crippen molar-refractivity contribution in [3.63, 3.8) is 0 Å². The molecule has 1 aromatic heterocycles. The van der Waals surface area contributed by atoms with E-state index in [0.29, 0.717) is 40.2 Å². The highest BCUT2D eigenvalue weighted by atomic mass is 35.5. The molecule has 2 aromatic rings. The maximum Gasteiger partial charge on any atom is 0.172 e. The fourth-order valence-corrected chi connectivity index (χ4v) is 5.46. The number of rotatable bonds is 7. The van der Waals surface area contributed by atoms with Crippen molar-refractivity contribution in [2.45, 2.75) is 52.2 Å². The van der Waals surface area contributed by atoms with E-state index < -0.39 is 0 Å². The number of anilines is 2. The number of piperazine rings is 1. The molecule has 3 heterocycles. The number of hydrogen-bond acceptors (Lipinski definition) is 9. The third-order valence-electron chi connectivity index (χ3n) is 7.13. The lowest BCUT2D eigenvalue weighted by molar-refractivity contribution is 0.0690. The molecule has 2 fully saturated rings. The summed E-state index contributed by atoms with van der Waals surface area (Å²) in [6.45, 7) is 11.3.